The molecule has 2 unspecified atom stereocenters. The van der Waals surface area contributed by atoms with Crippen molar-refractivity contribution >= 4 is 0 Å². The molecule has 9 fully saturated rings. The summed E-state index contributed by atoms with van der Waals surface area (Å²) in [5.74, 6) is 6.15. The van der Waals surface area contributed by atoms with Gasteiger partial charge in [0.2, 0.25) is 0 Å². The van der Waals surface area contributed by atoms with E-state index in [1.54, 1.807) is 0 Å². The van der Waals surface area contributed by atoms with E-state index in [0.717, 1.165) is 35.5 Å². The zero-order valence-electron chi connectivity index (χ0n) is 14.9. The van der Waals surface area contributed by atoms with Gasteiger partial charge in [-0.2, -0.15) is 0 Å². The molecule has 0 radical (unpaired) electrons. The zero-order chi connectivity index (χ0) is 15.5. The Morgan fingerprint density at radius 3 is 0.875 bits per heavy atom. The molecule has 8 aliphatic carbocycles. The van der Waals surface area contributed by atoms with E-state index >= 15 is 0 Å². The van der Waals surface area contributed by atoms with Crippen molar-refractivity contribution in [2.75, 3.05) is 0 Å². The van der Waals surface area contributed by atoms with Crippen LogP contribution in [0.1, 0.15) is 77.0 Å². The largest absolute Gasteiger partial charge is 0.229 e. The maximum absolute atomic E-state index is 6.02. The highest BCUT2D eigenvalue weighted by molar-refractivity contribution is 5.13. The molecule has 9 aliphatic rings. The smallest absolute Gasteiger partial charge is 0.128 e. The molecule has 0 spiro atoms. The van der Waals surface area contributed by atoms with E-state index in [9.17, 15) is 0 Å². The van der Waals surface area contributed by atoms with Gasteiger partial charge >= 0.3 is 0 Å². The van der Waals surface area contributed by atoms with Crippen LogP contribution in [0.3, 0.4) is 0 Å². The summed E-state index contributed by atoms with van der Waals surface area (Å²) in [6.07, 6.45) is 18.9. The molecule has 1 heterocycles. The molecule has 0 amide bonds. The Morgan fingerprint density at radius 2 is 0.667 bits per heavy atom. The van der Waals surface area contributed by atoms with E-state index in [4.69, 9.17) is 9.78 Å². The second-order valence-corrected chi connectivity index (χ2v) is 11.6. The molecule has 0 aromatic heterocycles. The molecule has 8 saturated carbocycles. The topological polar surface area (TPSA) is 18.5 Å². The molecular formula is C22H32O2. The predicted molar refractivity (Wildman–Crippen MR) is 91.0 cm³/mol. The lowest BCUT2D eigenvalue weighted by atomic mass is 9.43. The molecule has 8 bridgehead atoms. The Balaban J connectivity index is 1.21. The van der Waals surface area contributed by atoms with Crippen molar-refractivity contribution in [2.24, 2.45) is 46.3 Å². The second-order valence-electron chi connectivity index (χ2n) is 11.6. The summed E-state index contributed by atoms with van der Waals surface area (Å²) in [5.41, 5.74) is 1.03. The summed E-state index contributed by atoms with van der Waals surface area (Å²) >= 11 is 0. The summed E-state index contributed by atoms with van der Waals surface area (Å²) < 4.78 is 0. The van der Waals surface area contributed by atoms with Gasteiger partial charge in [0.05, 0.1) is 0 Å². The minimum atomic E-state index is 0.460. The molecule has 24 heavy (non-hydrogen) atoms. The first-order chi connectivity index (χ1) is 11.7. The molecule has 0 N–H and O–H groups in total. The highest BCUT2D eigenvalue weighted by Gasteiger charge is 2.66. The Labute approximate surface area is 146 Å². The summed E-state index contributed by atoms with van der Waals surface area (Å²) in [7, 11) is 0. The van der Waals surface area contributed by atoms with Crippen LogP contribution in [0.5, 0.6) is 0 Å². The summed E-state index contributed by atoms with van der Waals surface area (Å²) in [4.78, 5) is 12.0. The lowest BCUT2D eigenvalue weighted by Gasteiger charge is -2.66. The van der Waals surface area contributed by atoms with Crippen molar-refractivity contribution in [3.63, 3.8) is 0 Å². The normalized spacial score (nSPS) is 66.0. The average Bonchev–Trinajstić information content (AvgIpc) is 2.41. The summed E-state index contributed by atoms with van der Waals surface area (Å²) in [6.45, 7) is 0. The molecule has 9 rings (SSSR count). The third-order valence-corrected chi connectivity index (χ3v) is 9.92. The first-order valence-corrected chi connectivity index (χ1v) is 11.0. The fourth-order valence-electron chi connectivity index (χ4n) is 10.1. The number of hydrogen-bond acceptors (Lipinski definition) is 2. The van der Waals surface area contributed by atoms with E-state index < -0.39 is 0 Å². The SMILES string of the molecule is C1C2CC3CC1CC(C1OOC1C14CC5CC(CC(C5)C1)C4)(C2)C3. The van der Waals surface area contributed by atoms with Crippen LogP contribution in [0.4, 0.5) is 0 Å². The quantitative estimate of drug-likeness (QED) is 0.655. The highest BCUT2D eigenvalue weighted by atomic mass is 17.2. The molecule has 0 aromatic rings. The van der Waals surface area contributed by atoms with Gasteiger partial charge in [0, 0.05) is 10.8 Å². The molecule has 1 saturated heterocycles. The van der Waals surface area contributed by atoms with Crippen LogP contribution in [0, 0.1) is 46.3 Å². The Hall–Kier alpha value is -0.0800. The van der Waals surface area contributed by atoms with Crippen LogP contribution in [0.15, 0.2) is 0 Å². The van der Waals surface area contributed by atoms with E-state index in [1.165, 1.54) is 77.0 Å². The van der Waals surface area contributed by atoms with Crippen LogP contribution in [0.25, 0.3) is 0 Å². The molecule has 1 aliphatic heterocycles. The minimum Gasteiger partial charge on any atom is -0.229 e. The summed E-state index contributed by atoms with van der Waals surface area (Å²) in [6, 6.07) is 0. The van der Waals surface area contributed by atoms with Crippen molar-refractivity contribution in [3.8, 4) is 0 Å². The van der Waals surface area contributed by atoms with Gasteiger partial charge in [-0.25, -0.2) is 9.78 Å². The van der Waals surface area contributed by atoms with E-state index in [1.807, 2.05) is 0 Å². The van der Waals surface area contributed by atoms with E-state index in [0.29, 0.717) is 23.0 Å². The number of hydrogen-bond donors (Lipinski definition) is 0. The van der Waals surface area contributed by atoms with Crippen molar-refractivity contribution in [1.29, 1.82) is 0 Å². The van der Waals surface area contributed by atoms with Crippen LogP contribution < -0.4 is 0 Å². The molecule has 2 atom stereocenters. The Morgan fingerprint density at radius 1 is 0.417 bits per heavy atom. The molecular weight excluding hydrogens is 296 g/mol. The maximum Gasteiger partial charge on any atom is 0.128 e. The number of rotatable bonds is 2. The van der Waals surface area contributed by atoms with Crippen LogP contribution >= 0.6 is 0 Å². The lowest BCUT2D eigenvalue weighted by molar-refractivity contribution is -0.516. The second kappa shape index (κ2) is 4.42. The van der Waals surface area contributed by atoms with Crippen molar-refractivity contribution < 1.29 is 9.78 Å². The molecule has 132 valence electrons. The minimum absolute atomic E-state index is 0.460. The average molecular weight is 328 g/mol. The monoisotopic (exact) mass is 328 g/mol. The maximum atomic E-state index is 6.02. The predicted octanol–water partition coefficient (Wildman–Crippen LogP) is 5.12. The third kappa shape index (κ3) is 1.71. The van der Waals surface area contributed by atoms with Crippen LogP contribution in [0.2, 0.25) is 0 Å². The van der Waals surface area contributed by atoms with Crippen molar-refractivity contribution in [3.05, 3.63) is 0 Å². The summed E-state index contributed by atoms with van der Waals surface area (Å²) in [5, 5.41) is 0. The van der Waals surface area contributed by atoms with E-state index in [-0.39, 0.29) is 0 Å². The first kappa shape index (κ1) is 14.0. The lowest BCUT2D eigenvalue weighted by Crippen LogP contribution is -2.67. The fraction of sp³-hybridized carbons (Fsp3) is 1.00. The third-order valence-electron chi connectivity index (χ3n) is 9.92. The van der Waals surface area contributed by atoms with Crippen molar-refractivity contribution in [1.82, 2.24) is 0 Å². The van der Waals surface area contributed by atoms with Crippen LogP contribution in [-0.2, 0) is 9.78 Å². The Kier molecular flexibility index (Phi) is 2.58. The van der Waals surface area contributed by atoms with Gasteiger partial charge in [-0.15, -0.1) is 0 Å². The first-order valence-electron chi connectivity index (χ1n) is 11.0. The highest BCUT2D eigenvalue weighted by Crippen LogP contribution is 2.68. The van der Waals surface area contributed by atoms with Gasteiger partial charge in [-0.3, -0.25) is 0 Å². The van der Waals surface area contributed by atoms with Crippen molar-refractivity contribution in [2.45, 2.75) is 89.3 Å². The van der Waals surface area contributed by atoms with E-state index in [2.05, 4.69) is 0 Å². The standard InChI is InChI=1S/C22H32O2/c1-13-2-15-3-14(1)8-21(7-13,9-15)19-20(24-23-19)22-10-16-4-17(11-22)6-18(5-16)12-22/h13-20H,1-12H2. The Bertz CT molecular complexity index is 446. The zero-order valence-corrected chi connectivity index (χ0v) is 14.9. The van der Waals surface area contributed by atoms with Gasteiger partial charge in [0.1, 0.15) is 12.2 Å². The molecule has 0 aromatic carbocycles. The fourth-order valence-corrected chi connectivity index (χ4v) is 10.1. The van der Waals surface area contributed by atoms with Gasteiger partial charge in [0.25, 0.3) is 0 Å². The van der Waals surface area contributed by atoms with Gasteiger partial charge in [-0.05, 0) is 113 Å². The molecule has 2 heteroatoms. The van der Waals surface area contributed by atoms with Gasteiger partial charge in [0.15, 0.2) is 0 Å². The van der Waals surface area contributed by atoms with Gasteiger partial charge in [-0.1, -0.05) is 0 Å². The van der Waals surface area contributed by atoms with Crippen LogP contribution in [-0.4, -0.2) is 12.2 Å². The van der Waals surface area contributed by atoms with Gasteiger partial charge < -0.3 is 0 Å². The molecule has 2 nitrogen and oxygen atoms in total.